The molecule has 0 saturated carbocycles. The Morgan fingerprint density at radius 1 is 0.868 bits per heavy atom. The molecule has 0 atom stereocenters. The Labute approximate surface area is 226 Å². The highest BCUT2D eigenvalue weighted by Gasteiger charge is 2.23. The summed E-state index contributed by atoms with van der Waals surface area (Å²) < 4.78 is 5.72. The van der Waals surface area contributed by atoms with Crippen molar-refractivity contribution in [2.24, 2.45) is 0 Å². The normalized spacial score (nSPS) is 13.4. The number of nitrogens with one attached hydrogen (secondary N) is 1. The second-order valence-corrected chi connectivity index (χ2v) is 10.1. The average molecular weight is 528 g/mol. The average Bonchev–Trinajstić information content (AvgIpc) is 3.41. The predicted molar refractivity (Wildman–Crippen MR) is 150 cm³/mol. The first kappa shape index (κ1) is 25.5. The lowest BCUT2D eigenvalue weighted by Crippen LogP contribution is -2.48. The first-order valence-electron chi connectivity index (χ1n) is 12.5. The number of amides is 2. The molecule has 3 aromatic carbocycles. The quantitative estimate of drug-likeness (QED) is 0.337. The van der Waals surface area contributed by atoms with Gasteiger partial charge in [0.25, 0.3) is 11.1 Å². The van der Waals surface area contributed by atoms with Gasteiger partial charge in [0.15, 0.2) is 0 Å². The summed E-state index contributed by atoms with van der Waals surface area (Å²) >= 11 is 1.20. The zero-order chi connectivity index (χ0) is 26.5. The number of aromatic nitrogens is 2. The van der Waals surface area contributed by atoms with Gasteiger partial charge in [0, 0.05) is 48.7 Å². The number of carbonyl (C=O) groups is 2. The van der Waals surface area contributed by atoms with Crippen LogP contribution in [0.2, 0.25) is 0 Å². The van der Waals surface area contributed by atoms with E-state index < -0.39 is 0 Å². The molecule has 38 heavy (non-hydrogen) atoms. The van der Waals surface area contributed by atoms with Crippen LogP contribution in [-0.4, -0.2) is 58.8 Å². The molecular formula is C29H29N5O3S. The standard InChI is InChI=1S/C29H29N5O3S/c1-20-7-3-5-9-24(20)27-31-32-29(37-27)38-19-26(35)30-22-11-13-23(14-12-22)33-15-17-34(18-16-33)28(36)25-10-6-4-8-21(25)2/h3-14H,15-19H2,1-2H3,(H,30,35). The van der Waals surface area contributed by atoms with Crippen molar-refractivity contribution in [3.05, 3.63) is 89.5 Å². The molecule has 2 heterocycles. The van der Waals surface area contributed by atoms with Crippen LogP contribution >= 0.6 is 11.8 Å². The van der Waals surface area contributed by atoms with E-state index in [1.807, 2.05) is 91.5 Å². The highest BCUT2D eigenvalue weighted by Crippen LogP contribution is 2.26. The van der Waals surface area contributed by atoms with Crippen LogP contribution in [0, 0.1) is 13.8 Å². The van der Waals surface area contributed by atoms with Gasteiger partial charge in [-0.3, -0.25) is 9.59 Å². The zero-order valence-corrected chi connectivity index (χ0v) is 22.2. The molecule has 1 aliphatic heterocycles. The van der Waals surface area contributed by atoms with E-state index in [4.69, 9.17) is 4.42 Å². The van der Waals surface area contributed by atoms with Gasteiger partial charge in [-0.05, 0) is 61.4 Å². The first-order chi connectivity index (χ1) is 18.5. The van der Waals surface area contributed by atoms with Gasteiger partial charge in [-0.1, -0.05) is 48.2 Å². The van der Waals surface area contributed by atoms with Crippen molar-refractivity contribution in [1.29, 1.82) is 0 Å². The van der Waals surface area contributed by atoms with Gasteiger partial charge < -0.3 is 19.5 Å². The van der Waals surface area contributed by atoms with Crippen molar-refractivity contribution in [2.75, 3.05) is 42.1 Å². The molecule has 8 nitrogen and oxygen atoms in total. The Morgan fingerprint density at radius 3 is 2.26 bits per heavy atom. The molecule has 194 valence electrons. The molecule has 1 aromatic heterocycles. The molecule has 0 bridgehead atoms. The fraction of sp³-hybridized carbons (Fsp3) is 0.241. The van der Waals surface area contributed by atoms with Gasteiger partial charge in [-0.25, -0.2) is 0 Å². The van der Waals surface area contributed by atoms with E-state index in [-0.39, 0.29) is 17.6 Å². The summed E-state index contributed by atoms with van der Waals surface area (Å²) in [5, 5.41) is 11.4. The fourth-order valence-electron chi connectivity index (χ4n) is 4.42. The van der Waals surface area contributed by atoms with Crippen LogP contribution in [0.4, 0.5) is 11.4 Å². The van der Waals surface area contributed by atoms with Crippen molar-refractivity contribution in [3.8, 4) is 11.5 Å². The van der Waals surface area contributed by atoms with Crippen molar-refractivity contribution in [3.63, 3.8) is 0 Å². The van der Waals surface area contributed by atoms with Gasteiger partial charge in [0.2, 0.25) is 11.8 Å². The summed E-state index contributed by atoms with van der Waals surface area (Å²) in [6.07, 6.45) is 0. The number of hydrogen-bond acceptors (Lipinski definition) is 7. The summed E-state index contributed by atoms with van der Waals surface area (Å²) in [7, 11) is 0. The second-order valence-electron chi connectivity index (χ2n) is 9.17. The highest BCUT2D eigenvalue weighted by molar-refractivity contribution is 7.99. The van der Waals surface area contributed by atoms with Gasteiger partial charge in [0.05, 0.1) is 5.75 Å². The topological polar surface area (TPSA) is 91.6 Å². The van der Waals surface area contributed by atoms with Crippen molar-refractivity contribution < 1.29 is 14.0 Å². The molecule has 0 spiro atoms. The van der Waals surface area contributed by atoms with Gasteiger partial charge in [-0.2, -0.15) is 0 Å². The first-order valence-corrected chi connectivity index (χ1v) is 13.5. The summed E-state index contributed by atoms with van der Waals surface area (Å²) in [5.41, 5.74) is 5.49. The van der Waals surface area contributed by atoms with Gasteiger partial charge in [0.1, 0.15) is 0 Å². The molecule has 1 saturated heterocycles. The Kier molecular flexibility index (Phi) is 7.74. The number of rotatable bonds is 7. The summed E-state index contributed by atoms with van der Waals surface area (Å²) in [5.74, 6) is 0.544. The molecule has 2 amide bonds. The lowest BCUT2D eigenvalue weighted by atomic mass is 10.1. The number of anilines is 2. The third-order valence-corrected chi connectivity index (χ3v) is 7.39. The van der Waals surface area contributed by atoms with Crippen LogP contribution in [0.25, 0.3) is 11.5 Å². The fourth-order valence-corrected chi connectivity index (χ4v) is 4.98. The predicted octanol–water partition coefficient (Wildman–Crippen LogP) is 5.05. The minimum atomic E-state index is -0.151. The SMILES string of the molecule is Cc1ccccc1C(=O)N1CCN(c2ccc(NC(=O)CSc3nnc(-c4ccccc4C)o3)cc2)CC1. The zero-order valence-electron chi connectivity index (χ0n) is 21.4. The van der Waals surface area contributed by atoms with Crippen LogP contribution in [0.1, 0.15) is 21.5 Å². The summed E-state index contributed by atoms with van der Waals surface area (Å²) in [6.45, 7) is 6.81. The Hall–Kier alpha value is -4.11. The van der Waals surface area contributed by atoms with E-state index in [9.17, 15) is 9.59 Å². The van der Waals surface area contributed by atoms with E-state index in [2.05, 4.69) is 20.4 Å². The van der Waals surface area contributed by atoms with Gasteiger partial charge >= 0.3 is 0 Å². The summed E-state index contributed by atoms with van der Waals surface area (Å²) in [4.78, 5) is 29.5. The van der Waals surface area contributed by atoms with Crippen LogP contribution in [0.3, 0.4) is 0 Å². The number of hydrogen-bond donors (Lipinski definition) is 1. The molecule has 1 aliphatic rings. The minimum Gasteiger partial charge on any atom is -0.411 e. The maximum absolute atomic E-state index is 12.9. The van der Waals surface area contributed by atoms with Crippen LogP contribution in [0.15, 0.2) is 82.4 Å². The van der Waals surface area contributed by atoms with Crippen molar-refractivity contribution >= 4 is 35.0 Å². The number of benzene rings is 3. The van der Waals surface area contributed by atoms with E-state index in [1.165, 1.54) is 11.8 Å². The Bertz CT molecular complexity index is 1430. The lowest BCUT2D eigenvalue weighted by molar-refractivity contribution is -0.113. The number of aryl methyl sites for hydroxylation is 2. The third kappa shape index (κ3) is 5.89. The molecule has 5 rings (SSSR count). The molecule has 1 fully saturated rings. The van der Waals surface area contributed by atoms with Crippen LogP contribution in [0.5, 0.6) is 0 Å². The van der Waals surface area contributed by atoms with E-state index >= 15 is 0 Å². The number of piperazine rings is 1. The Balaban J connectivity index is 1.10. The molecule has 0 radical (unpaired) electrons. The lowest BCUT2D eigenvalue weighted by Gasteiger charge is -2.36. The molecule has 9 heteroatoms. The third-order valence-electron chi connectivity index (χ3n) is 6.57. The highest BCUT2D eigenvalue weighted by atomic mass is 32.2. The van der Waals surface area contributed by atoms with Gasteiger partial charge in [-0.15, -0.1) is 10.2 Å². The molecule has 4 aromatic rings. The number of nitrogens with zero attached hydrogens (tertiary/aromatic N) is 4. The minimum absolute atomic E-state index is 0.0885. The van der Waals surface area contributed by atoms with E-state index in [0.29, 0.717) is 24.2 Å². The number of thioether (sulfide) groups is 1. The largest absolute Gasteiger partial charge is 0.411 e. The van der Waals surface area contributed by atoms with Crippen LogP contribution in [-0.2, 0) is 4.79 Å². The van der Waals surface area contributed by atoms with E-state index in [0.717, 1.165) is 46.7 Å². The smallest absolute Gasteiger partial charge is 0.277 e. The maximum Gasteiger partial charge on any atom is 0.277 e. The molecule has 0 aliphatic carbocycles. The monoisotopic (exact) mass is 527 g/mol. The number of carbonyl (C=O) groups excluding carboxylic acids is 2. The molecular weight excluding hydrogens is 498 g/mol. The van der Waals surface area contributed by atoms with Crippen LogP contribution < -0.4 is 10.2 Å². The molecule has 0 unspecified atom stereocenters. The summed E-state index contributed by atoms with van der Waals surface area (Å²) in [6, 6.07) is 23.3. The van der Waals surface area contributed by atoms with E-state index in [1.54, 1.807) is 0 Å². The van der Waals surface area contributed by atoms with Crippen molar-refractivity contribution in [1.82, 2.24) is 15.1 Å². The van der Waals surface area contributed by atoms with Crippen molar-refractivity contribution in [2.45, 2.75) is 19.1 Å². The molecule has 1 N–H and O–H groups in total. The Morgan fingerprint density at radius 2 is 1.55 bits per heavy atom. The maximum atomic E-state index is 12.9. The second kappa shape index (κ2) is 11.5.